The Morgan fingerprint density at radius 3 is 2.67 bits per heavy atom. The van der Waals surface area contributed by atoms with Crippen molar-refractivity contribution >= 4 is 17.2 Å². The second-order valence-electron chi connectivity index (χ2n) is 4.98. The van der Waals surface area contributed by atoms with E-state index >= 15 is 0 Å². The normalized spacial score (nSPS) is 12.0. The van der Waals surface area contributed by atoms with Gasteiger partial charge in [-0.15, -0.1) is 11.3 Å². The van der Waals surface area contributed by atoms with Crippen molar-refractivity contribution in [2.45, 2.75) is 33.2 Å². The van der Waals surface area contributed by atoms with Gasteiger partial charge in [-0.1, -0.05) is 6.92 Å². The first-order valence-electron chi connectivity index (χ1n) is 7.03. The molecule has 0 bridgehead atoms. The van der Waals surface area contributed by atoms with Crippen LogP contribution in [0.1, 0.15) is 26.0 Å². The van der Waals surface area contributed by atoms with Gasteiger partial charge >= 0.3 is 0 Å². The molecule has 2 rings (SSSR count). The fourth-order valence-corrected chi connectivity index (χ4v) is 2.55. The Morgan fingerprint density at radius 1 is 1.38 bits per heavy atom. The van der Waals surface area contributed by atoms with E-state index in [9.17, 15) is 4.79 Å². The third-order valence-electron chi connectivity index (χ3n) is 3.11. The molecule has 0 unspecified atom stereocenters. The number of amides is 1. The lowest BCUT2D eigenvalue weighted by Gasteiger charge is -2.12. The van der Waals surface area contributed by atoms with E-state index < -0.39 is 0 Å². The minimum Gasteiger partial charge on any atom is -0.484 e. The third-order valence-corrected chi connectivity index (χ3v) is 4.12. The number of hydrogen-bond acceptors (Lipinski definition) is 4. The van der Waals surface area contributed by atoms with E-state index in [1.165, 1.54) is 0 Å². The number of hydrogen-bond donors (Lipinski definition) is 1. The molecule has 1 N–H and O–H groups in total. The molecule has 0 radical (unpaired) electrons. The van der Waals surface area contributed by atoms with Crippen LogP contribution in [-0.2, 0) is 4.79 Å². The van der Waals surface area contributed by atoms with Crippen LogP contribution in [0.25, 0.3) is 10.6 Å². The minimum atomic E-state index is -0.0935. The van der Waals surface area contributed by atoms with E-state index in [0.717, 1.165) is 22.7 Å². The fraction of sp³-hybridized carbons (Fsp3) is 0.375. The van der Waals surface area contributed by atoms with Crippen molar-refractivity contribution in [2.75, 3.05) is 6.61 Å². The summed E-state index contributed by atoms with van der Waals surface area (Å²) in [5.74, 6) is 0.593. The molecule has 112 valence electrons. The van der Waals surface area contributed by atoms with Gasteiger partial charge in [-0.25, -0.2) is 4.98 Å². The Morgan fingerprint density at radius 2 is 2.10 bits per heavy atom. The predicted molar refractivity (Wildman–Crippen MR) is 85.7 cm³/mol. The lowest BCUT2D eigenvalue weighted by Crippen LogP contribution is -2.35. The second kappa shape index (κ2) is 7.22. The number of nitrogens with one attached hydrogen (secondary N) is 1. The third kappa shape index (κ3) is 4.56. The summed E-state index contributed by atoms with van der Waals surface area (Å²) in [6, 6.07) is 7.82. The molecule has 1 heterocycles. The highest BCUT2D eigenvalue weighted by Crippen LogP contribution is 2.25. The molecular formula is C16H20N2O2S. The average Bonchev–Trinajstić information content (AvgIpc) is 2.92. The largest absolute Gasteiger partial charge is 0.484 e. The highest BCUT2D eigenvalue weighted by molar-refractivity contribution is 7.13. The molecule has 1 atom stereocenters. The summed E-state index contributed by atoms with van der Waals surface area (Å²) < 4.78 is 5.48. The van der Waals surface area contributed by atoms with E-state index in [1.807, 2.05) is 50.4 Å². The van der Waals surface area contributed by atoms with Crippen LogP contribution >= 0.6 is 11.3 Å². The minimum absolute atomic E-state index is 0.0417. The quantitative estimate of drug-likeness (QED) is 0.889. The number of thiazole rings is 1. The topological polar surface area (TPSA) is 51.2 Å². The molecule has 0 aliphatic rings. The van der Waals surface area contributed by atoms with E-state index in [0.29, 0.717) is 5.75 Å². The van der Waals surface area contributed by atoms with Gasteiger partial charge in [0.1, 0.15) is 10.8 Å². The number of carbonyl (C=O) groups excluding carboxylic acids is 1. The van der Waals surface area contributed by atoms with Crippen LogP contribution in [0.5, 0.6) is 5.75 Å². The first-order valence-corrected chi connectivity index (χ1v) is 7.91. The lowest BCUT2D eigenvalue weighted by molar-refractivity contribution is -0.123. The van der Waals surface area contributed by atoms with Crippen molar-refractivity contribution in [1.29, 1.82) is 0 Å². The zero-order valence-electron chi connectivity index (χ0n) is 12.6. The zero-order valence-corrected chi connectivity index (χ0v) is 13.4. The highest BCUT2D eigenvalue weighted by atomic mass is 32.1. The summed E-state index contributed by atoms with van der Waals surface area (Å²) in [4.78, 5) is 16.1. The van der Waals surface area contributed by atoms with Crippen LogP contribution < -0.4 is 10.1 Å². The molecule has 0 fully saturated rings. The van der Waals surface area contributed by atoms with Gasteiger partial charge in [-0.05, 0) is 44.5 Å². The van der Waals surface area contributed by atoms with Crippen LogP contribution in [0.3, 0.4) is 0 Å². The molecule has 0 spiro atoms. The molecule has 0 saturated carbocycles. The number of aromatic nitrogens is 1. The summed E-state index contributed by atoms with van der Waals surface area (Å²) >= 11 is 1.62. The number of ether oxygens (including phenoxy) is 1. The van der Waals surface area contributed by atoms with Crippen molar-refractivity contribution in [3.8, 4) is 16.3 Å². The van der Waals surface area contributed by atoms with E-state index in [-0.39, 0.29) is 18.6 Å². The Hall–Kier alpha value is -1.88. The summed E-state index contributed by atoms with van der Waals surface area (Å²) in [5.41, 5.74) is 2.08. The molecule has 0 aliphatic heterocycles. The van der Waals surface area contributed by atoms with Crippen LogP contribution in [-0.4, -0.2) is 23.5 Å². The van der Waals surface area contributed by atoms with Crippen molar-refractivity contribution in [2.24, 2.45) is 0 Å². The van der Waals surface area contributed by atoms with Crippen molar-refractivity contribution < 1.29 is 9.53 Å². The highest BCUT2D eigenvalue weighted by Gasteiger charge is 2.07. The molecule has 1 aromatic carbocycles. The molecule has 0 saturated heterocycles. The van der Waals surface area contributed by atoms with E-state index in [2.05, 4.69) is 10.3 Å². The van der Waals surface area contributed by atoms with Gasteiger partial charge in [0.05, 0.1) is 0 Å². The van der Waals surface area contributed by atoms with Crippen molar-refractivity contribution in [1.82, 2.24) is 10.3 Å². The number of rotatable bonds is 6. The lowest BCUT2D eigenvalue weighted by atomic mass is 10.2. The molecule has 5 heteroatoms. The Kier molecular flexibility index (Phi) is 5.33. The summed E-state index contributed by atoms with van der Waals surface area (Å²) in [6.45, 7) is 6.03. The number of benzene rings is 1. The van der Waals surface area contributed by atoms with Crippen molar-refractivity contribution in [3.63, 3.8) is 0 Å². The SMILES string of the molecule is CC[C@@H](C)NC(=O)COc1ccc(-c2nc(C)cs2)cc1. The zero-order chi connectivity index (χ0) is 15.2. The molecule has 21 heavy (non-hydrogen) atoms. The van der Waals surface area contributed by atoms with Gasteiger partial charge < -0.3 is 10.1 Å². The van der Waals surface area contributed by atoms with Crippen molar-refractivity contribution in [3.05, 3.63) is 35.3 Å². The second-order valence-corrected chi connectivity index (χ2v) is 5.84. The van der Waals surface area contributed by atoms with Crippen LogP contribution in [0.4, 0.5) is 0 Å². The fourth-order valence-electron chi connectivity index (χ4n) is 1.75. The molecule has 0 aliphatic carbocycles. The van der Waals surface area contributed by atoms with Gasteiger partial charge in [0.2, 0.25) is 0 Å². The maximum Gasteiger partial charge on any atom is 0.258 e. The summed E-state index contributed by atoms with van der Waals surface area (Å²) in [5, 5.41) is 5.89. The Labute approximate surface area is 129 Å². The van der Waals surface area contributed by atoms with Crippen LogP contribution in [0.2, 0.25) is 0 Å². The first-order chi connectivity index (χ1) is 10.1. The van der Waals surface area contributed by atoms with Gasteiger partial charge in [0.15, 0.2) is 6.61 Å². The number of carbonyl (C=O) groups is 1. The molecule has 1 aromatic heterocycles. The van der Waals surface area contributed by atoms with E-state index in [1.54, 1.807) is 11.3 Å². The first kappa shape index (κ1) is 15.5. The monoisotopic (exact) mass is 304 g/mol. The maximum absolute atomic E-state index is 11.6. The van der Waals surface area contributed by atoms with Crippen LogP contribution in [0, 0.1) is 6.92 Å². The predicted octanol–water partition coefficient (Wildman–Crippen LogP) is 3.41. The smallest absolute Gasteiger partial charge is 0.258 e. The molecule has 2 aromatic rings. The van der Waals surface area contributed by atoms with Gasteiger partial charge in [0, 0.05) is 22.7 Å². The Balaban J connectivity index is 1.89. The van der Waals surface area contributed by atoms with Gasteiger partial charge in [0.25, 0.3) is 5.91 Å². The van der Waals surface area contributed by atoms with E-state index in [4.69, 9.17) is 4.74 Å². The summed E-state index contributed by atoms with van der Waals surface area (Å²) in [6.07, 6.45) is 0.910. The van der Waals surface area contributed by atoms with Gasteiger partial charge in [-0.3, -0.25) is 4.79 Å². The van der Waals surface area contributed by atoms with Crippen LogP contribution in [0.15, 0.2) is 29.6 Å². The molecular weight excluding hydrogens is 284 g/mol. The molecule has 4 nitrogen and oxygen atoms in total. The summed E-state index contributed by atoms with van der Waals surface area (Å²) in [7, 11) is 0. The average molecular weight is 304 g/mol. The Bertz CT molecular complexity index is 593. The number of nitrogens with zero attached hydrogens (tertiary/aromatic N) is 1. The maximum atomic E-state index is 11.6. The standard InChI is InChI=1S/C16H20N2O2S/c1-4-11(2)17-15(19)9-20-14-7-5-13(6-8-14)16-18-12(3)10-21-16/h5-8,10-11H,4,9H2,1-3H3,(H,17,19)/t11-/m1/s1. The molecule has 1 amide bonds. The number of aryl methyl sites for hydroxylation is 1. The van der Waals surface area contributed by atoms with Gasteiger partial charge in [-0.2, -0.15) is 0 Å².